The van der Waals surface area contributed by atoms with Crippen LogP contribution < -0.4 is 5.32 Å². The maximum atomic E-state index is 13.8. The number of carbonyl (C=O) groups is 1. The molecule has 0 heterocycles. The predicted octanol–water partition coefficient (Wildman–Crippen LogP) is 3.78. The topological polar surface area (TPSA) is 38.3 Å². The van der Waals surface area contributed by atoms with E-state index in [1.807, 2.05) is 0 Å². The van der Waals surface area contributed by atoms with Crippen LogP contribution >= 0.6 is 0 Å². The molecule has 0 fully saturated rings. The molecule has 0 aliphatic heterocycles. The summed E-state index contributed by atoms with van der Waals surface area (Å²) in [5, 5.41) is 2.13. The van der Waals surface area contributed by atoms with Crippen LogP contribution in [0.4, 0.5) is 27.6 Å². The van der Waals surface area contributed by atoms with Crippen molar-refractivity contribution < 1.29 is 31.5 Å². The number of anilines is 1. The molecule has 0 radical (unpaired) electrons. The average molecular weight is 325 g/mol. The monoisotopic (exact) mass is 325 g/mol. The normalized spacial score (nSPS) is 12.4. The Kier molecular flexibility index (Phi) is 5.50. The number of benzene rings is 1. The molecule has 0 aliphatic rings. The summed E-state index contributed by atoms with van der Waals surface area (Å²) in [6.45, 7) is 2.56. The summed E-state index contributed by atoms with van der Waals surface area (Å²) in [6.07, 6.45) is -4.56. The lowest BCUT2D eigenvalue weighted by Crippen LogP contribution is -2.26. The van der Waals surface area contributed by atoms with E-state index in [0.717, 1.165) is 6.07 Å². The Balaban J connectivity index is 2.87. The number of hydrogen-bond donors (Lipinski definition) is 1. The highest BCUT2D eigenvalue weighted by atomic mass is 19.4. The van der Waals surface area contributed by atoms with Crippen LogP contribution in [0.1, 0.15) is 26.3 Å². The lowest BCUT2D eigenvalue weighted by molar-refractivity contribution is -0.174. The van der Waals surface area contributed by atoms with Crippen LogP contribution in [0.2, 0.25) is 0 Å². The van der Waals surface area contributed by atoms with E-state index < -0.39 is 42.3 Å². The fourth-order valence-corrected chi connectivity index (χ4v) is 1.73. The second-order valence-corrected chi connectivity index (χ2v) is 5.72. The second-order valence-electron chi connectivity index (χ2n) is 5.72. The molecule has 1 aromatic rings. The average Bonchev–Trinajstić information content (AvgIpc) is 2.29. The van der Waals surface area contributed by atoms with Crippen molar-refractivity contribution in [3.05, 3.63) is 29.3 Å². The van der Waals surface area contributed by atoms with Gasteiger partial charge in [0.05, 0.1) is 5.69 Å². The first kappa shape index (κ1) is 18.3. The largest absolute Gasteiger partial charge is 0.411 e. The van der Waals surface area contributed by atoms with Crippen LogP contribution in [0.3, 0.4) is 0 Å². The van der Waals surface area contributed by atoms with Gasteiger partial charge in [0.25, 0.3) is 0 Å². The van der Waals surface area contributed by atoms with E-state index in [1.165, 1.54) is 0 Å². The molecule has 0 saturated carbocycles. The zero-order chi connectivity index (χ0) is 17.1. The number of carbonyl (C=O) groups excluding carboxylic acids is 1. The SMILES string of the molecule is CC(C)(C)c1cc(F)cc(F)c1NC(=O)COCC(F)(F)F. The van der Waals surface area contributed by atoms with E-state index in [0.29, 0.717) is 6.07 Å². The molecular formula is C14H16F5NO2. The van der Waals surface area contributed by atoms with Crippen LogP contribution in [0.15, 0.2) is 12.1 Å². The first-order chi connectivity index (χ1) is 9.90. The Morgan fingerprint density at radius 1 is 1.18 bits per heavy atom. The number of halogens is 5. The van der Waals surface area contributed by atoms with Crippen molar-refractivity contribution in [1.82, 2.24) is 0 Å². The van der Waals surface area contributed by atoms with Crippen molar-refractivity contribution in [3.8, 4) is 0 Å². The third kappa shape index (κ3) is 5.59. The summed E-state index contributed by atoms with van der Waals surface area (Å²) in [7, 11) is 0. The van der Waals surface area contributed by atoms with Gasteiger partial charge in [-0.25, -0.2) is 8.78 Å². The fourth-order valence-electron chi connectivity index (χ4n) is 1.73. The Hall–Kier alpha value is -1.70. The van der Waals surface area contributed by atoms with Gasteiger partial charge in [-0.15, -0.1) is 0 Å². The van der Waals surface area contributed by atoms with Gasteiger partial charge in [0.2, 0.25) is 5.91 Å². The molecule has 1 amide bonds. The summed E-state index contributed by atoms with van der Waals surface area (Å²) in [4.78, 5) is 11.6. The third-order valence-corrected chi connectivity index (χ3v) is 2.63. The molecule has 8 heteroatoms. The standard InChI is InChI=1S/C14H16F5NO2/c1-13(2,3)9-4-8(15)5-10(16)12(9)20-11(21)6-22-7-14(17,18)19/h4-5H,6-7H2,1-3H3,(H,20,21). The van der Waals surface area contributed by atoms with Gasteiger partial charge in [-0.1, -0.05) is 20.8 Å². The fraction of sp³-hybridized carbons (Fsp3) is 0.500. The Morgan fingerprint density at radius 2 is 1.77 bits per heavy atom. The van der Waals surface area contributed by atoms with Crippen LogP contribution in [0, 0.1) is 11.6 Å². The molecule has 0 aliphatic carbocycles. The van der Waals surface area contributed by atoms with Crippen LogP contribution in [-0.4, -0.2) is 25.3 Å². The molecule has 22 heavy (non-hydrogen) atoms. The molecule has 0 unspecified atom stereocenters. The quantitative estimate of drug-likeness (QED) is 0.856. The molecule has 124 valence electrons. The summed E-state index contributed by atoms with van der Waals surface area (Å²) >= 11 is 0. The van der Waals surface area contributed by atoms with Gasteiger partial charge in [0.1, 0.15) is 24.8 Å². The minimum atomic E-state index is -4.56. The van der Waals surface area contributed by atoms with Gasteiger partial charge in [0, 0.05) is 6.07 Å². The number of amides is 1. The Bertz CT molecular complexity index is 549. The lowest BCUT2D eigenvalue weighted by atomic mass is 9.85. The van der Waals surface area contributed by atoms with Crippen LogP contribution in [-0.2, 0) is 14.9 Å². The molecule has 1 aromatic carbocycles. The summed E-state index contributed by atoms with van der Waals surface area (Å²) < 4.78 is 67.0. The second kappa shape index (κ2) is 6.60. The third-order valence-electron chi connectivity index (χ3n) is 2.63. The van der Waals surface area contributed by atoms with E-state index in [2.05, 4.69) is 10.1 Å². The van der Waals surface area contributed by atoms with Crippen molar-refractivity contribution in [2.45, 2.75) is 32.4 Å². The highest BCUT2D eigenvalue weighted by Gasteiger charge is 2.28. The molecule has 3 nitrogen and oxygen atoms in total. The van der Waals surface area contributed by atoms with E-state index >= 15 is 0 Å². The zero-order valence-electron chi connectivity index (χ0n) is 12.3. The number of rotatable bonds is 4. The minimum Gasteiger partial charge on any atom is -0.362 e. The minimum absolute atomic E-state index is 0.189. The van der Waals surface area contributed by atoms with Crippen LogP contribution in [0.5, 0.6) is 0 Å². The van der Waals surface area contributed by atoms with Gasteiger partial charge < -0.3 is 10.1 Å². The number of hydrogen-bond acceptors (Lipinski definition) is 2. The van der Waals surface area contributed by atoms with Gasteiger partial charge in [0.15, 0.2) is 0 Å². The molecule has 1 N–H and O–H groups in total. The highest BCUT2D eigenvalue weighted by Crippen LogP contribution is 2.32. The highest BCUT2D eigenvalue weighted by molar-refractivity contribution is 5.92. The van der Waals surface area contributed by atoms with Crippen molar-refractivity contribution in [1.29, 1.82) is 0 Å². The summed E-state index contributed by atoms with van der Waals surface area (Å²) in [5.74, 6) is -2.77. The molecule has 1 rings (SSSR count). The molecule has 0 atom stereocenters. The van der Waals surface area contributed by atoms with Crippen molar-refractivity contribution in [3.63, 3.8) is 0 Å². The predicted molar refractivity (Wildman–Crippen MR) is 70.6 cm³/mol. The maximum absolute atomic E-state index is 13.8. The van der Waals surface area contributed by atoms with E-state index in [1.54, 1.807) is 20.8 Å². The lowest BCUT2D eigenvalue weighted by Gasteiger charge is -2.23. The summed E-state index contributed by atoms with van der Waals surface area (Å²) in [6, 6.07) is 1.65. The van der Waals surface area contributed by atoms with Gasteiger partial charge in [-0.05, 0) is 17.0 Å². The molecule has 0 saturated heterocycles. The molecular weight excluding hydrogens is 309 g/mol. The first-order valence-electron chi connectivity index (χ1n) is 6.34. The van der Waals surface area contributed by atoms with E-state index in [4.69, 9.17) is 0 Å². The number of ether oxygens (including phenoxy) is 1. The molecule has 0 aromatic heterocycles. The zero-order valence-corrected chi connectivity index (χ0v) is 12.3. The molecule has 0 spiro atoms. The number of alkyl halides is 3. The summed E-state index contributed by atoms with van der Waals surface area (Å²) in [5.41, 5.74) is -0.762. The Labute approximate surface area is 124 Å². The van der Waals surface area contributed by atoms with Gasteiger partial charge >= 0.3 is 6.18 Å². The van der Waals surface area contributed by atoms with Gasteiger partial charge in [-0.2, -0.15) is 13.2 Å². The van der Waals surface area contributed by atoms with E-state index in [-0.39, 0.29) is 11.3 Å². The van der Waals surface area contributed by atoms with E-state index in [9.17, 15) is 26.7 Å². The first-order valence-corrected chi connectivity index (χ1v) is 6.34. The van der Waals surface area contributed by atoms with Crippen molar-refractivity contribution >= 4 is 11.6 Å². The maximum Gasteiger partial charge on any atom is 0.411 e. The van der Waals surface area contributed by atoms with Gasteiger partial charge in [-0.3, -0.25) is 4.79 Å². The Morgan fingerprint density at radius 3 is 2.27 bits per heavy atom. The van der Waals surface area contributed by atoms with Crippen molar-refractivity contribution in [2.75, 3.05) is 18.5 Å². The smallest absolute Gasteiger partial charge is 0.362 e. The van der Waals surface area contributed by atoms with Crippen molar-refractivity contribution in [2.24, 2.45) is 0 Å². The molecule has 0 bridgehead atoms. The van der Waals surface area contributed by atoms with Crippen LogP contribution in [0.25, 0.3) is 0 Å². The number of nitrogens with one attached hydrogen (secondary N) is 1.